The van der Waals surface area contributed by atoms with Crippen LogP contribution in [0.25, 0.3) is 0 Å². The van der Waals surface area contributed by atoms with Gasteiger partial charge in [-0.1, -0.05) is 11.2 Å². The van der Waals surface area contributed by atoms with Gasteiger partial charge in [-0.15, -0.1) is 0 Å². The van der Waals surface area contributed by atoms with E-state index in [1.54, 1.807) is 7.11 Å². The molecule has 0 aliphatic heterocycles. The fourth-order valence-electron chi connectivity index (χ4n) is 2.59. The molecule has 0 amide bonds. The lowest BCUT2D eigenvalue weighted by Gasteiger charge is -2.16. The van der Waals surface area contributed by atoms with E-state index in [9.17, 15) is 0 Å². The third-order valence-corrected chi connectivity index (χ3v) is 3.60. The average molecular weight is 273 g/mol. The predicted octanol–water partition coefficient (Wildman–Crippen LogP) is 3.28. The van der Waals surface area contributed by atoms with E-state index in [0.29, 0.717) is 13.2 Å². The van der Waals surface area contributed by atoms with Crippen LogP contribution < -0.4 is 4.74 Å². The van der Waals surface area contributed by atoms with Crippen LogP contribution in [-0.4, -0.2) is 12.3 Å². The molecule has 0 bridgehead atoms. The van der Waals surface area contributed by atoms with Crippen LogP contribution in [0.1, 0.15) is 35.4 Å². The number of ether oxygens (including phenoxy) is 2. The van der Waals surface area contributed by atoms with Gasteiger partial charge in [0.05, 0.1) is 6.61 Å². The maximum Gasteiger partial charge on any atom is 0.174 e. The highest BCUT2D eigenvalue weighted by Crippen LogP contribution is 2.25. The van der Waals surface area contributed by atoms with E-state index in [2.05, 4.69) is 17.3 Å². The lowest BCUT2D eigenvalue weighted by molar-refractivity contribution is 0.176. The zero-order valence-corrected chi connectivity index (χ0v) is 11.7. The fraction of sp³-hybridized carbons (Fsp3) is 0.438. The number of hydrogen-bond donors (Lipinski definition) is 0. The van der Waals surface area contributed by atoms with E-state index in [4.69, 9.17) is 14.0 Å². The first-order valence-electron chi connectivity index (χ1n) is 7.03. The molecule has 2 aromatic rings. The Morgan fingerprint density at radius 1 is 1.10 bits per heavy atom. The van der Waals surface area contributed by atoms with Crippen LogP contribution in [-0.2, 0) is 30.8 Å². The first-order valence-corrected chi connectivity index (χ1v) is 7.03. The molecule has 1 aromatic carbocycles. The van der Waals surface area contributed by atoms with Gasteiger partial charge >= 0.3 is 0 Å². The summed E-state index contributed by atoms with van der Waals surface area (Å²) < 4.78 is 16.0. The van der Waals surface area contributed by atoms with Crippen LogP contribution in [0.5, 0.6) is 5.75 Å². The van der Waals surface area contributed by atoms with Crippen molar-refractivity contribution in [1.29, 1.82) is 0 Å². The number of fused-ring (bicyclic) bond motifs is 1. The summed E-state index contributed by atoms with van der Waals surface area (Å²) in [6.45, 7) is 0.859. The number of nitrogens with zero attached hydrogens (tertiary/aromatic N) is 1. The highest BCUT2D eigenvalue weighted by Gasteiger charge is 2.10. The van der Waals surface area contributed by atoms with Crippen molar-refractivity contribution in [1.82, 2.24) is 5.16 Å². The van der Waals surface area contributed by atoms with E-state index < -0.39 is 0 Å². The van der Waals surface area contributed by atoms with E-state index >= 15 is 0 Å². The molecule has 0 fully saturated rings. The smallest absolute Gasteiger partial charge is 0.174 e. The van der Waals surface area contributed by atoms with Gasteiger partial charge in [0.2, 0.25) is 0 Å². The Bertz CT molecular complexity index is 577. The van der Waals surface area contributed by atoms with Crippen molar-refractivity contribution in [2.75, 3.05) is 7.11 Å². The number of aromatic nitrogens is 1. The number of benzene rings is 1. The molecule has 0 spiro atoms. The minimum absolute atomic E-state index is 0.398. The van der Waals surface area contributed by atoms with E-state index in [0.717, 1.165) is 23.6 Å². The third kappa shape index (κ3) is 3.02. The van der Waals surface area contributed by atoms with E-state index in [-0.39, 0.29) is 0 Å². The summed E-state index contributed by atoms with van der Waals surface area (Å²) in [6, 6.07) is 8.24. The van der Waals surface area contributed by atoms with Crippen LogP contribution in [0.4, 0.5) is 0 Å². The minimum Gasteiger partial charge on any atom is -0.486 e. The molecule has 0 N–H and O–H groups in total. The molecular weight excluding hydrogens is 254 g/mol. The summed E-state index contributed by atoms with van der Waals surface area (Å²) in [5, 5.41) is 3.91. The fourth-order valence-corrected chi connectivity index (χ4v) is 2.59. The monoisotopic (exact) mass is 273 g/mol. The van der Waals surface area contributed by atoms with Crippen molar-refractivity contribution >= 4 is 0 Å². The first kappa shape index (κ1) is 13.2. The third-order valence-electron chi connectivity index (χ3n) is 3.60. The van der Waals surface area contributed by atoms with E-state index in [1.807, 2.05) is 12.1 Å². The molecule has 4 heteroatoms. The van der Waals surface area contributed by atoms with Crippen LogP contribution in [0.3, 0.4) is 0 Å². The molecule has 106 valence electrons. The molecule has 1 heterocycles. The molecule has 0 saturated carbocycles. The van der Waals surface area contributed by atoms with Gasteiger partial charge in [0.1, 0.15) is 18.1 Å². The highest BCUT2D eigenvalue weighted by molar-refractivity contribution is 5.37. The normalized spacial score (nSPS) is 14.1. The molecule has 1 aliphatic carbocycles. The standard InChI is InChI=1S/C16H19NO3/c1-18-10-14-9-16(20-17-14)11-19-15-7-6-12-4-2-3-5-13(12)8-15/h6-9H,2-5,10-11H2,1H3. The topological polar surface area (TPSA) is 44.5 Å². The summed E-state index contributed by atoms with van der Waals surface area (Å²) >= 11 is 0. The second-order valence-electron chi connectivity index (χ2n) is 5.14. The number of methoxy groups -OCH3 is 1. The molecule has 0 radical (unpaired) electrons. The molecule has 1 aliphatic rings. The van der Waals surface area contributed by atoms with Crippen molar-refractivity contribution in [3.8, 4) is 5.75 Å². The summed E-state index contributed by atoms with van der Waals surface area (Å²) in [5.74, 6) is 1.62. The minimum atomic E-state index is 0.398. The Kier molecular flexibility index (Phi) is 4.02. The largest absolute Gasteiger partial charge is 0.486 e. The molecule has 4 nitrogen and oxygen atoms in total. The predicted molar refractivity (Wildman–Crippen MR) is 74.6 cm³/mol. The van der Waals surface area contributed by atoms with Gasteiger partial charge in [-0.05, 0) is 48.9 Å². The van der Waals surface area contributed by atoms with Crippen molar-refractivity contribution in [3.05, 3.63) is 46.8 Å². The molecule has 0 unspecified atom stereocenters. The number of hydrogen-bond acceptors (Lipinski definition) is 4. The summed E-state index contributed by atoms with van der Waals surface area (Å²) in [6.07, 6.45) is 4.93. The van der Waals surface area contributed by atoms with Gasteiger partial charge in [-0.2, -0.15) is 0 Å². The second kappa shape index (κ2) is 6.09. The summed E-state index contributed by atoms with van der Waals surface area (Å²) in [7, 11) is 1.64. The molecule has 20 heavy (non-hydrogen) atoms. The Balaban J connectivity index is 1.62. The van der Waals surface area contributed by atoms with Crippen LogP contribution in [0, 0.1) is 0 Å². The highest BCUT2D eigenvalue weighted by atomic mass is 16.5. The maximum absolute atomic E-state index is 5.78. The van der Waals surface area contributed by atoms with Crippen molar-refractivity contribution < 1.29 is 14.0 Å². The Labute approximate surface area is 118 Å². The summed E-state index contributed by atoms with van der Waals surface area (Å²) in [4.78, 5) is 0. The Hall–Kier alpha value is -1.81. The average Bonchev–Trinajstić information content (AvgIpc) is 2.93. The summed E-state index contributed by atoms with van der Waals surface area (Å²) in [5.41, 5.74) is 3.67. The number of aryl methyl sites for hydroxylation is 2. The van der Waals surface area contributed by atoms with Gasteiger partial charge in [0, 0.05) is 13.2 Å². The maximum atomic E-state index is 5.78. The van der Waals surface area contributed by atoms with Gasteiger partial charge in [0.25, 0.3) is 0 Å². The SMILES string of the molecule is COCc1cc(COc2ccc3c(c2)CCCC3)on1. The second-order valence-corrected chi connectivity index (χ2v) is 5.14. The van der Waals surface area contributed by atoms with Crippen LogP contribution in [0.15, 0.2) is 28.8 Å². The van der Waals surface area contributed by atoms with Crippen LogP contribution >= 0.6 is 0 Å². The van der Waals surface area contributed by atoms with Gasteiger partial charge in [0.15, 0.2) is 5.76 Å². The first-order chi connectivity index (χ1) is 9.85. The van der Waals surface area contributed by atoms with Crippen LogP contribution in [0.2, 0.25) is 0 Å². The lowest BCUT2D eigenvalue weighted by atomic mass is 9.92. The van der Waals surface area contributed by atoms with Crippen molar-refractivity contribution in [2.45, 2.75) is 38.9 Å². The quantitative estimate of drug-likeness (QED) is 0.838. The van der Waals surface area contributed by atoms with Gasteiger partial charge in [-0.25, -0.2) is 0 Å². The molecule has 0 saturated heterocycles. The zero-order chi connectivity index (χ0) is 13.8. The van der Waals surface area contributed by atoms with Crippen molar-refractivity contribution in [3.63, 3.8) is 0 Å². The molecular formula is C16H19NO3. The van der Waals surface area contributed by atoms with E-state index in [1.165, 1.54) is 30.4 Å². The Morgan fingerprint density at radius 3 is 2.80 bits per heavy atom. The number of rotatable bonds is 5. The molecule has 0 atom stereocenters. The zero-order valence-electron chi connectivity index (χ0n) is 11.7. The molecule has 1 aromatic heterocycles. The lowest BCUT2D eigenvalue weighted by Crippen LogP contribution is -2.03. The van der Waals surface area contributed by atoms with Crippen molar-refractivity contribution in [2.24, 2.45) is 0 Å². The molecule has 3 rings (SSSR count). The van der Waals surface area contributed by atoms with Gasteiger partial charge < -0.3 is 14.0 Å². The van der Waals surface area contributed by atoms with Gasteiger partial charge in [-0.3, -0.25) is 0 Å². The Morgan fingerprint density at radius 2 is 1.95 bits per heavy atom.